The molecule has 21 heavy (non-hydrogen) atoms. The molecule has 1 amide bonds. The molecule has 1 N–H and O–H groups in total. The molecule has 1 rings (SSSR count). The van der Waals surface area contributed by atoms with Crippen molar-refractivity contribution in [1.29, 1.82) is 0 Å². The zero-order valence-electron chi connectivity index (χ0n) is 13.5. The van der Waals surface area contributed by atoms with E-state index < -0.39 is 5.97 Å². The summed E-state index contributed by atoms with van der Waals surface area (Å²) in [5.41, 5.74) is 0. The second kappa shape index (κ2) is 9.00. The van der Waals surface area contributed by atoms with Crippen LogP contribution in [0.15, 0.2) is 0 Å². The molecule has 0 aromatic heterocycles. The Bertz CT molecular complexity index is 341. The van der Waals surface area contributed by atoms with Crippen LogP contribution < -0.4 is 0 Å². The maximum absolute atomic E-state index is 12.1. The molecule has 0 aliphatic carbocycles. The Morgan fingerprint density at radius 3 is 2.29 bits per heavy atom. The minimum absolute atomic E-state index is 0.177. The van der Waals surface area contributed by atoms with Gasteiger partial charge in [-0.05, 0) is 6.42 Å². The van der Waals surface area contributed by atoms with E-state index in [0.717, 1.165) is 45.6 Å². The van der Waals surface area contributed by atoms with Crippen molar-refractivity contribution in [3.63, 3.8) is 0 Å². The molecule has 0 aromatic rings. The molecule has 1 saturated heterocycles. The number of nitrogens with zero attached hydrogens (tertiary/aromatic N) is 3. The van der Waals surface area contributed by atoms with Crippen molar-refractivity contribution < 1.29 is 14.7 Å². The van der Waals surface area contributed by atoms with Crippen LogP contribution >= 0.6 is 0 Å². The Hall–Kier alpha value is -1.14. The van der Waals surface area contributed by atoms with E-state index in [1.54, 1.807) is 6.92 Å². The number of carboxylic acid groups (broad SMARTS) is 1. The van der Waals surface area contributed by atoms with Gasteiger partial charge in [0.15, 0.2) is 0 Å². The first-order chi connectivity index (χ1) is 9.93. The number of piperazine rings is 1. The van der Waals surface area contributed by atoms with Crippen LogP contribution in [0.5, 0.6) is 0 Å². The predicted molar refractivity (Wildman–Crippen MR) is 82.2 cm³/mol. The van der Waals surface area contributed by atoms with Gasteiger partial charge < -0.3 is 10.0 Å². The number of hydrogen-bond acceptors (Lipinski definition) is 4. The fourth-order valence-corrected chi connectivity index (χ4v) is 2.43. The second-order valence-electron chi connectivity index (χ2n) is 5.98. The van der Waals surface area contributed by atoms with Crippen LogP contribution in [0, 0.1) is 5.92 Å². The Morgan fingerprint density at radius 2 is 1.76 bits per heavy atom. The average Bonchev–Trinajstić information content (AvgIpc) is 2.46. The molecule has 0 radical (unpaired) electrons. The van der Waals surface area contributed by atoms with E-state index in [2.05, 4.69) is 16.7 Å². The third-order valence-electron chi connectivity index (χ3n) is 4.05. The van der Waals surface area contributed by atoms with Gasteiger partial charge in [0, 0.05) is 46.3 Å². The largest absolute Gasteiger partial charge is 0.481 e. The minimum Gasteiger partial charge on any atom is -0.481 e. The van der Waals surface area contributed by atoms with Crippen LogP contribution in [-0.2, 0) is 9.59 Å². The highest BCUT2D eigenvalue weighted by Crippen LogP contribution is 2.06. The number of amides is 1. The molecule has 0 spiro atoms. The first kappa shape index (κ1) is 17.9. The molecule has 1 unspecified atom stereocenters. The Morgan fingerprint density at radius 1 is 1.19 bits per heavy atom. The summed E-state index contributed by atoms with van der Waals surface area (Å²) in [6, 6.07) is 0. The number of aliphatic carboxylic acids is 1. The third kappa shape index (κ3) is 6.44. The van der Waals surface area contributed by atoms with Crippen LogP contribution in [0.2, 0.25) is 0 Å². The quantitative estimate of drug-likeness (QED) is 0.710. The van der Waals surface area contributed by atoms with Gasteiger partial charge in [0.1, 0.15) is 0 Å². The molecule has 6 heteroatoms. The van der Waals surface area contributed by atoms with E-state index in [-0.39, 0.29) is 11.8 Å². The number of carbonyl (C=O) groups excluding carboxylic acids is 1. The molecule has 1 aliphatic rings. The summed E-state index contributed by atoms with van der Waals surface area (Å²) in [5.74, 6) is -0.903. The van der Waals surface area contributed by atoms with Crippen molar-refractivity contribution >= 4 is 11.9 Å². The monoisotopic (exact) mass is 299 g/mol. The lowest BCUT2D eigenvalue weighted by molar-refractivity contribution is -0.141. The fraction of sp³-hybridized carbons (Fsp3) is 0.867. The SMILES string of the molecule is CCCCN(C)C(=O)CN1CCN(CC(C)C(=O)O)CC1. The highest BCUT2D eigenvalue weighted by molar-refractivity contribution is 5.78. The molecule has 1 heterocycles. The second-order valence-corrected chi connectivity index (χ2v) is 5.98. The molecule has 122 valence electrons. The number of likely N-dealkylation sites (N-methyl/N-ethyl adjacent to an activating group) is 1. The summed E-state index contributed by atoms with van der Waals surface area (Å²) in [6.45, 7) is 9.09. The van der Waals surface area contributed by atoms with Crippen molar-refractivity contribution in [3.05, 3.63) is 0 Å². The Balaban J connectivity index is 2.26. The maximum Gasteiger partial charge on any atom is 0.307 e. The summed E-state index contributed by atoms with van der Waals surface area (Å²) in [4.78, 5) is 29.1. The van der Waals surface area contributed by atoms with Gasteiger partial charge >= 0.3 is 5.97 Å². The highest BCUT2D eigenvalue weighted by Gasteiger charge is 2.22. The molecule has 1 fully saturated rings. The van der Waals surface area contributed by atoms with E-state index in [1.165, 1.54) is 0 Å². The van der Waals surface area contributed by atoms with Crippen molar-refractivity contribution in [1.82, 2.24) is 14.7 Å². The predicted octanol–water partition coefficient (Wildman–Crippen LogP) is 0.583. The number of hydrogen-bond donors (Lipinski definition) is 1. The molecule has 0 saturated carbocycles. The standard InChI is InChI=1S/C15H29N3O3/c1-4-5-6-16(3)14(19)12-18-9-7-17(8-10-18)11-13(2)15(20)21/h13H,4-12H2,1-3H3,(H,20,21). The summed E-state index contributed by atoms with van der Waals surface area (Å²) in [7, 11) is 1.86. The normalized spacial score (nSPS) is 18.4. The number of unbranched alkanes of at least 4 members (excludes halogenated alkanes) is 1. The van der Waals surface area contributed by atoms with Gasteiger partial charge in [0.2, 0.25) is 5.91 Å². The first-order valence-electron chi connectivity index (χ1n) is 7.85. The van der Waals surface area contributed by atoms with Crippen molar-refractivity contribution in [2.75, 3.05) is 52.9 Å². The lowest BCUT2D eigenvalue weighted by Gasteiger charge is -2.35. The van der Waals surface area contributed by atoms with Gasteiger partial charge in [0.25, 0.3) is 0 Å². The van der Waals surface area contributed by atoms with Crippen LogP contribution in [0.25, 0.3) is 0 Å². The summed E-state index contributed by atoms with van der Waals surface area (Å²) < 4.78 is 0. The smallest absolute Gasteiger partial charge is 0.307 e. The van der Waals surface area contributed by atoms with Gasteiger partial charge in [-0.2, -0.15) is 0 Å². The Labute approximate surface area is 127 Å². The van der Waals surface area contributed by atoms with Crippen LogP contribution in [0.1, 0.15) is 26.7 Å². The van der Waals surface area contributed by atoms with Crippen molar-refractivity contribution in [3.8, 4) is 0 Å². The van der Waals surface area contributed by atoms with E-state index in [4.69, 9.17) is 5.11 Å². The van der Waals surface area contributed by atoms with E-state index in [1.807, 2.05) is 11.9 Å². The van der Waals surface area contributed by atoms with Gasteiger partial charge in [-0.1, -0.05) is 20.3 Å². The molecule has 1 aliphatic heterocycles. The fourth-order valence-electron chi connectivity index (χ4n) is 2.43. The number of carbonyl (C=O) groups is 2. The zero-order chi connectivity index (χ0) is 15.8. The van der Waals surface area contributed by atoms with Gasteiger partial charge in [-0.15, -0.1) is 0 Å². The van der Waals surface area contributed by atoms with Gasteiger partial charge in [0.05, 0.1) is 12.5 Å². The maximum atomic E-state index is 12.1. The molecular formula is C15H29N3O3. The van der Waals surface area contributed by atoms with Crippen molar-refractivity contribution in [2.45, 2.75) is 26.7 Å². The van der Waals surface area contributed by atoms with Crippen LogP contribution in [-0.4, -0.2) is 84.5 Å². The highest BCUT2D eigenvalue weighted by atomic mass is 16.4. The van der Waals surface area contributed by atoms with Gasteiger partial charge in [-0.25, -0.2) is 0 Å². The van der Waals surface area contributed by atoms with Crippen molar-refractivity contribution in [2.24, 2.45) is 5.92 Å². The van der Waals surface area contributed by atoms with Crippen LogP contribution in [0.4, 0.5) is 0 Å². The summed E-state index contributed by atoms with van der Waals surface area (Å²) in [5, 5.41) is 8.93. The summed E-state index contributed by atoms with van der Waals surface area (Å²) >= 11 is 0. The minimum atomic E-state index is -0.745. The van der Waals surface area contributed by atoms with E-state index in [9.17, 15) is 9.59 Å². The Kier molecular flexibility index (Phi) is 7.67. The first-order valence-corrected chi connectivity index (χ1v) is 7.85. The molecule has 1 atom stereocenters. The number of rotatable bonds is 8. The number of carboxylic acids is 1. The van der Waals surface area contributed by atoms with E-state index in [0.29, 0.717) is 13.1 Å². The third-order valence-corrected chi connectivity index (χ3v) is 4.05. The van der Waals surface area contributed by atoms with Gasteiger partial charge in [-0.3, -0.25) is 19.4 Å². The zero-order valence-corrected chi connectivity index (χ0v) is 13.5. The summed E-state index contributed by atoms with van der Waals surface area (Å²) in [6.07, 6.45) is 2.14. The average molecular weight is 299 g/mol. The molecule has 0 bridgehead atoms. The van der Waals surface area contributed by atoms with Crippen LogP contribution in [0.3, 0.4) is 0 Å². The molecule has 6 nitrogen and oxygen atoms in total. The van der Waals surface area contributed by atoms with E-state index >= 15 is 0 Å². The molecular weight excluding hydrogens is 270 g/mol. The topological polar surface area (TPSA) is 64.1 Å². The molecule has 0 aromatic carbocycles. The lowest BCUT2D eigenvalue weighted by Crippen LogP contribution is -2.50. The lowest BCUT2D eigenvalue weighted by atomic mass is 10.1.